The third kappa shape index (κ3) is 2.75. The van der Waals surface area contributed by atoms with Gasteiger partial charge in [-0.25, -0.2) is 0 Å². The van der Waals surface area contributed by atoms with Crippen LogP contribution in [0.5, 0.6) is 0 Å². The average molecular weight is 302 g/mol. The number of amides is 3. The maximum absolute atomic E-state index is 12.7. The minimum atomic E-state index is -0.616. The lowest BCUT2D eigenvalue weighted by Crippen LogP contribution is -2.47. The van der Waals surface area contributed by atoms with Gasteiger partial charge >= 0.3 is 0 Å². The molecule has 0 radical (unpaired) electrons. The molecule has 0 saturated heterocycles. The number of nitrogens with zero attached hydrogens (tertiary/aromatic N) is 1. The average Bonchev–Trinajstić information content (AvgIpc) is 2.76. The van der Waals surface area contributed by atoms with Crippen LogP contribution >= 0.6 is 0 Å². The van der Waals surface area contributed by atoms with Gasteiger partial charge in [-0.05, 0) is 37.0 Å². The van der Waals surface area contributed by atoms with Crippen LogP contribution in [0.2, 0.25) is 0 Å². The lowest BCUT2D eigenvalue weighted by atomic mass is 10.0. The van der Waals surface area contributed by atoms with E-state index in [0.29, 0.717) is 18.4 Å². The SMILES string of the molecule is CCCC(C(=O)NC=O)N1C(=O)c2ccc(CC)cc2C1C. The maximum atomic E-state index is 12.7. The zero-order valence-corrected chi connectivity index (χ0v) is 13.3. The summed E-state index contributed by atoms with van der Waals surface area (Å²) in [4.78, 5) is 37.0. The highest BCUT2D eigenvalue weighted by Gasteiger charge is 2.40. The topological polar surface area (TPSA) is 66.5 Å². The standard InChI is InChI=1S/C17H22N2O3/c1-4-6-15(16(21)18-10-20)19-11(3)14-9-12(5-2)7-8-13(14)17(19)22/h7-11,15H,4-6H2,1-3H3,(H,18,20,21). The summed E-state index contributed by atoms with van der Waals surface area (Å²) in [6, 6.07) is 5.05. The Kier molecular flexibility index (Phi) is 4.96. The Morgan fingerprint density at radius 1 is 1.41 bits per heavy atom. The second-order valence-corrected chi connectivity index (χ2v) is 5.59. The number of rotatable bonds is 6. The van der Waals surface area contributed by atoms with Crippen LogP contribution in [0.15, 0.2) is 18.2 Å². The van der Waals surface area contributed by atoms with E-state index in [1.807, 2.05) is 32.0 Å². The molecule has 1 heterocycles. The first kappa shape index (κ1) is 16.2. The number of carbonyl (C=O) groups excluding carboxylic acids is 3. The van der Waals surface area contributed by atoms with Crippen molar-refractivity contribution in [3.8, 4) is 0 Å². The molecule has 118 valence electrons. The van der Waals surface area contributed by atoms with E-state index in [1.165, 1.54) is 5.56 Å². The maximum Gasteiger partial charge on any atom is 0.255 e. The highest BCUT2D eigenvalue weighted by Crippen LogP contribution is 2.36. The fraction of sp³-hybridized carbons (Fsp3) is 0.471. The minimum Gasteiger partial charge on any atom is -0.320 e. The van der Waals surface area contributed by atoms with E-state index in [-0.39, 0.29) is 11.9 Å². The molecule has 22 heavy (non-hydrogen) atoms. The van der Waals surface area contributed by atoms with Crippen molar-refractivity contribution in [3.05, 3.63) is 34.9 Å². The Hall–Kier alpha value is -2.17. The van der Waals surface area contributed by atoms with E-state index in [2.05, 4.69) is 12.2 Å². The van der Waals surface area contributed by atoms with E-state index in [9.17, 15) is 14.4 Å². The molecule has 1 aromatic carbocycles. The smallest absolute Gasteiger partial charge is 0.255 e. The van der Waals surface area contributed by atoms with Gasteiger partial charge in [0.1, 0.15) is 6.04 Å². The zero-order valence-electron chi connectivity index (χ0n) is 13.3. The molecule has 0 bridgehead atoms. The number of fused-ring (bicyclic) bond motifs is 1. The fourth-order valence-electron chi connectivity index (χ4n) is 3.07. The number of hydrogen-bond donors (Lipinski definition) is 1. The van der Waals surface area contributed by atoms with Gasteiger partial charge in [0.05, 0.1) is 6.04 Å². The number of benzene rings is 1. The minimum absolute atomic E-state index is 0.135. The van der Waals surface area contributed by atoms with E-state index < -0.39 is 11.9 Å². The van der Waals surface area contributed by atoms with Gasteiger partial charge in [0.2, 0.25) is 12.3 Å². The molecule has 1 N–H and O–H groups in total. The number of nitrogens with one attached hydrogen (secondary N) is 1. The first-order valence-corrected chi connectivity index (χ1v) is 7.74. The molecule has 0 saturated carbocycles. The van der Waals surface area contributed by atoms with Gasteiger partial charge in [-0.15, -0.1) is 0 Å². The number of aryl methyl sites for hydroxylation is 1. The largest absolute Gasteiger partial charge is 0.320 e. The molecule has 5 heteroatoms. The van der Waals surface area contributed by atoms with Crippen molar-refractivity contribution < 1.29 is 14.4 Å². The normalized spacial score (nSPS) is 18.0. The Bertz CT molecular complexity index is 598. The van der Waals surface area contributed by atoms with Crippen LogP contribution < -0.4 is 5.32 Å². The third-order valence-electron chi connectivity index (χ3n) is 4.26. The van der Waals surface area contributed by atoms with Gasteiger partial charge in [0.25, 0.3) is 5.91 Å². The van der Waals surface area contributed by atoms with Crippen LogP contribution in [-0.2, 0) is 16.0 Å². The predicted molar refractivity (Wildman–Crippen MR) is 83.3 cm³/mol. The highest BCUT2D eigenvalue weighted by atomic mass is 16.2. The second-order valence-electron chi connectivity index (χ2n) is 5.59. The molecular weight excluding hydrogens is 280 g/mol. The van der Waals surface area contributed by atoms with Crippen LogP contribution in [0, 0.1) is 0 Å². The van der Waals surface area contributed by atoms with Crippen molar-refractivity contribution in [2.24, 2.45) is 0 Å². The number of hydrogen-bond acceptors (Lipinski definition) is 3. The molecule has 2 unspecified atom stereocenters. The van der Waals surface area contributed by atoms with Crippen molar-refractivity contribution in [2.45, 2.75) is 52.1 Å². The lowest BCUT2D eigenvalue weighted by Gasteiger charge is -2.30. The summed E-state index contributed by atoms with van der Waals surface area (Å²) in [7, 11) is 0. The van der Waals surface area contributed by atoms with Crippen LogP contribution in [0.1, 0.15) is 61.1 Å². The van der Waals surface area contributed by atoms with Gasteiger partial charge in [0.15, 0.2) is 0 Å². The highest BCUT2D eigenvalue weighted by molar-refractivity contribution is 6.02. The summed E-state index contributed by atoms with van der Waals surface area (Å²) in [5, 5.41) is 2.18. The van der Waals surface area contributed by atoms with E-state index in [1.54, 1.807) is 4.90 Å². The van der Waals surface area contributed by atoms with Crippen LogP contribution in [-0.4, -0.2) is 29.2 Å². The fourth-order valence-corrected chi connectivity index (χ4v) is 3.07. The monoisotopic (exact) mass is 302 g/mol. The molecule has 2 atom stereocenters. The van der Waals surface area contributed by atoms with Crippen molar-refractivity contribution in [3.63, 3.8) is 0 Å². The molecule has 2 rings (SSSR count). The van der Waals surface area contributed by atoms with Gasteiger partial charge < -0.3 is 4.90 Å². The van der Waals surface area contributed by atoms with Gasteiger partial charge in [-0.2, -0.15) is 0 Å². The summed E-state index contributed by atoms with van der Waals surface area (Å²) in [6.45, 7) is 5.95. The molecular formula is C17H22N2O3. The summed E-state index contributed by atoms with van der Waals surface area (Å²) >= 11 is 0. The van der Waals surface area contributed by atoms with Crippen LogP contribution in [0.4, 0.5) is 0 Å². The van der Waals surface area contributed by atoms with Gasteiger partial charge in [0, 0.05) is 5.56 Å². The van der Waals surface area contributed by atoms with E-state index >= 15 is 0 Å². The van der Waals surface area contributed by atoms with Crippen LogP contribution in [0.25, 0.3) is 0 Å². The molecule has 0 spiro atoms. The molecule has 0 aliphatic carbocycles. The Morgan fingerprint density at radius 2 is 2.14 bits per heavy atom. The number of imide groups is 1. The van der Waals surface area contributed by atoms with Crippen molar-refractivity contribution in [1.82, 2.24) is 10.2 Å². The summed E-state index contributed by atoms with van der Waals surface area (Å²) in [6.07, 6.45) is 2.56. The Labute approximate surface area is 130 Å². The molecule has 0 aromatic heterocycles. The third-order valence-corrected chi connectivity index (χ3v) is 4.26. The molecule has 1 aliphatic rings. The van der Waals surface area contributed by atoms with Crippen LogP contribution in [0.3, 0.4) is 0 Å². The molecule has 3 amide bonds. The Morgan fingerprint density at radius 3 is 2.73 bits per heavy atom. The van der Waals surface area contributed by atoms with Gasteiger partial charge in [-0.1, -0.05) is 32.4 Å². The van der Waals surface area contributed by atoms with Crippen molar-refractivity contribution >= 4 is 18.2 Å². The summed E-state index contributed by atoms with van der Waals surface area (Å²) in [5.74, 6) is -0.551. The molecule has 5 nitrogen and oxygen atoms in total. The summed E-state index contributed by atoms with van der Waals surface area (Å²) in [5.41, 5.74) is 2.79. The zero-order chi connectivity index (χ0) is 16.3. The molecule has 0 fully saturated rings. The lowest BCUT2D eigenvalue weighted by molar-refractivity contribution is -0.129. The van der Waals surface area contributed by atoms with Crippen molar-refractivity contribution in [1.29, 1.82) is 0 Å². The van der Waals surface area contributed by atoms with E-state index in [4.69, 9.17) is 0 Å². The molecule has 1 aromatic rings. The first-order chi connectivity index (χ1) is 10.5. The van der Waals surface area contributed by atoms with Crippen molar-refractivity contribution in [2.75, 3.05) is 0 Å². The van der Waals surface area contributed by atoms with E-state index in [0.717, 1.165) is 18.4 Å². The van der Waals surface area contributed by atoms with Gasteiger partial charge in [-0.3, -0.25) is 19.7 Å². The summed E-state index contributed by atoms with van der Waals surface area (Å²) < 4.78 is 0. The quantitative estimate of drug-likeness (QED) is 0.819. The first-order valence-electron chi connectivity index (χ1n) is 7.74. The predicted octanol–water partition coefficient (Wildman–Crippen LogP) is 2.21. The molecule has 1 aliphatic heterocycles. The Balaban J connectivity index is 2.37. The second kappa shape index (κ2) is 6.73. The number of carbonyl (C=O) groups is 3.